The molecule has 1 aromatic carbocycles. The van der Waals surface area contributed by atoms with E-state index in [-0.39, 0.29) is 10.6 Å². The third-order valence-electron chi connectivity index (χ3n) is 4.15. The monoisotopic (exact) mass is 363 g/mol. The van der Waals surface area contributed by atoms with Crippen LogP contribution in [0.5, 0.6) is 0 Å². The van der Waals surface area contributed by atoms with Gasteiger partial charge >= 0.3 is 0 Å². The summed E-state index contributed by atoms with van der Waals surface area (Å²) in [5.74, 6) is -0.583. The largest absolute Gasteiger partial charge is 0.386 e. The van der Waals surface area contributed by atoms with E-state index in [0.29, 0.717) is 23.7 Å². The van der Waals surface area contributed by atoms with Crippen molar-refractivity contribution in [2.75, 3.05) is 19.7 Å². The van der Waals surface area contributed by atoms with Crippen LogP contribution in [0, 0.1) is 5.82 Å². The van der Waals surface area contributed by atoms with Crippen LogP contribution in [0.15, 0.2) is 16.6 Å². The molecule has 2 fully saturated rings. The highest BCUT2D eigenvalue weighted by atomic mass is 79.9. The molecule has 0 radical (unpaired) electrons. The van der Waals surface area contributed by atoms with Gasteiger partial charge in [-0.05, 0) is 41.4 Å². The minimum absolute atomic E-state index is 0.00333. The van der Waals surface area contributed by atoms with E-state index in [4.69, 9.17) is 16.3 Å². The summed E-state index contributed by atoms with van der Waals surface area (Å²) in [5, 5.41) is 10.4. The van der Waals surface area contributed by atoms with Crippen LogP contribution in [0.2, 0.25) is 5.02 Å². The Morgan fingerprint density at radius 1 is 1.50 bits per heavy atom. The molecule has 2 aliphatic heterocycles. The lowest BCUT2D eigenvalue weighted by Crippen LogP contribution is -2.48. The second-order valence-corrected chi connectivity index (χ2v) is 6.60. The minimum atomic E-state index is -0.998. The number of morpholine rings is 1. The van der Waals surface area contributed by atoms with Gasteiger partial charge in [0.2, 0.25) is 0 Å². The van der Waals surface area contributed by atoms with Gasteiger partial charge in [-0.25, -0.2) is 4.39 Å². The first-order valence-electron chi connectivity index (χ1n) is 6.75. The molecule has 3 atom stereocenters. The van der Waals surface area contributed by atoms with E-state index in [1.165, 1.54) is 0 Å². The summed E-state index contributed by atoms with van der Waals surface area (Å²) in [6, 6.07) is 3.65. The van der Waals surface area contributed by atoms with Gasteiger partial charge in [0.25, 0.3) is 0 Å². The lowest BCUT2D eigenvalue weighted by molar-refractivity contribution is -0.104. The fourth-order valence-corrected chi connectivity index (χ4v) is 3.48. The minimum Gasteiger partial charge on any atom is -0.386 e. The first-order valence-corrected chi connectivity index (χ1v) is 7.92. The molecule has 2 aliphatic rings. The second kappa shape index (κ2) is 5.89. The van der Waals surface area contributed by atoms with Crippen molar-refractivity contribution in [2.24, 2.45) is 0 Å². The Bertz CT molecular complexity index is 516. The number of benzene rings is 1. The standard InChI is InChI=1S/C14H16BrClFNO2/c15-10-4-3-9(13(17)12(10)16)14(19)11-6-18-5-1-2-8(18)7-20-11/h3-4,8,11,14,19H,1-2,5-7H2. The van der Waals surface area contributed by atoms with Crippen molar-refractivity contribution in [3.05, 3.63) is 33.0 Å². The average Bonchev–Trinajstić information content (AvgIpc) is 2.91. The van der Waals surface area contributed by atoms with Gasteiger partial charge in [-0.15, -0.1) is 0 Å². The molecule has 0 amide bonds. The van der Waals surface area contributed by atoms with E-state index >= 15 is 0 Å². The van der Waals surface area contributed by atoms with Crippen LogP contribution in [0.3, 0.4) is 0 Å². The van der Waals surface area contributed by atoms with Crippen LogP contribution in [0.1, 0.15) is 24.5 Å². The Balaban J connectivity index is 1.79. The van der Waals surface area contributed by atoms with Crippen molar-refractivity contribution in [2.45, 2.75) is 31.1 Å². The smallest absolute Gasteiger partial charge is 0.148 e. The van der Waals surface area contributed by atoms with E-state index in [2.05, 4.69) is 20.8 Å². The molecule has 110 valence electrons. The first kappa shape index (κ1) is 14.7. The summed E-state index contributed by atoms with van der Waals surface area (Å²) in [6.45, 7) is 2.27. The zero-order valence-corrected chi connectivity index (χ0v) is 13.2. The predicted octanol–water partition coefficient (Wildman–Crippen LogP) is 3.14. The Kier molecular flexibility index (Phi) is 4.34. The summed E-state index contributed by atoms with van der Waals surface area (Å²) in [7, 11) is 0. The summed E-state index contributed by atoms with van der Waals surface area (Å²) in [4.78, 5) is 2.32. The number of halogens is 3. The predicted molar refractivity (Wildman–Crippen MR) is 78.4 cm³/mol. The highest BCUT2D eigenvalue weighted by Gasteiger charge is 2.36. The molecule has 3 rings (SSSR count). The van der Waals surface area contributed by atoms with Gasteiger partial charge in [-0.1, -0.05) is 17.7 Å². The molecule has 0 aromatic heterocycles. The highest BCUT2D eigenvalue weighted by Crippen LogP contribution is 2.34. The van der Waals surface area contributed by atoms with E-state index in [0.717, 1.165) is 19.4 Å². The third-order valence-corrected chi connectivity index (χ3v) is 5.41. The van der Waals surface area contributed by atoms with Gasteiger partial charge in [0.1, 0.15) is 18.0 Å². The van der Waals surface area contributed by atoms with Crippen molar-refractivity contribution in [1.29, 1.82) is 0 Å². The molecule has 3 nitrogen and oxygen atoms in total. The molecular formula is C14H16BrClFNO2. The van der Waals surface area contributed by atoms with Gasteiger partial charge in [-0.3, -0.25) is 4.90 Å². The SMILES string of the molecule is OC(c1ccc(Br)c(Cl)c1F)C1CN2CCCC2CO1. The summed E-state index contributed by atoms with van der Waals surface area (Å²) >= 11 is 9.04. The van der Waals surface area contributed by atoms with Crippen molar-refractivity contribution < 1.29 is 14.2 Å². The van der Waals surface area contributed by atoms with Crippen LogP contribution >= 0.6 is 27.5 Å². The number of rotatable bonds is 2. The lowest BCUT2D eigenvalue weighted by Gasteiger charge is -2.37. The molecular weight excluding hydrogens is 349 g/mol. The van der Waals surface area contributed by atoms with Crippen molar-refractivity contribution >= 4 is 27.5 Å². The normalized spacial score (nSPS) is 28.4. The Morgan fingerprint density at radius 3 is 3.10 bits per heavy atom. The molecule has 2 heterocycles. The second-order valence-electron chi connectivity index (χ2n) is 5.37. The Morgan fingerprint density at radius 2 is 2.30 bits per heavy atom. The number of ether oxygens (including phenoxy) is 1. The van der Waals surface area contributed by atoms with E-state index in [1.807, 2.05) is 0 Å². The van der Waals surface area contributed by atoms with E-state index < -0.39 is 18.0 Å². The molecule has 3 unspecified atom stereocenters. The molecule has 0 aliphatic carbocycles. The molecule has 2 saturated heterocycles. The van der Waals surface area contributed by atoms with Crippen molar-refractivity contribution in [3.63, 3.8) is 0 Å². The quantitative estimate of drug-likeness (QED) is 0.818. The summed E-state index contributed by atoms with van der Waals surface area (Å²) in [6.07, 6.45) is 0.898. The first-order chi connectivity index (χ1) is 9.58. The number of aliphatic hydroxyl groups excluding tert-OH is 1. The topological polar surface area (TPSA) is 32.7 Å². The molecule has 1 aromatic rings. The maximum Gasteiger partial charge on any atom is 0.148 e. The van der Waals surface area contributed by atoms with Crippen LogP contribution < -0.4 is 0 Å². The van der Waals surface area contributed by atoms with E-state index in [9.17, 15) is 9.50 Å². The molecule has 1 N–H and O–H groups in total. The number of hydrogen-bond donors (Lipinski definition) is 1. The molecule has 20 heavy (non-hydrogen) atoms. The average molecular weight is 365 g/mol. The maximum absolute atomic E-state index is 14.1. The lowest BCUT2D eigenvalue weighted by atomic mass is 10.0. The van der Waals surface area contributed by atoms with Gasteiger partial charge in [0.05, 0.1) is 11.6 Å². The Hall–Kier alpha value is -0.200. The molecule has 0 spiro atoms. The van der Waals surface area contributed by atoms with Crippen molar-refractivity contribution in [1.82, 2.24) is 4.90 Å². The van der Waals surface area contributed by atoms with Gasteiger partial charge in [0, 0.05) is 22.6 Å². The van der Waals surface area contributed by atoms with Gasteiger partial charge in [0.15, 0.2) is 0 Å². The van der Waals surface area contributed by atoms with Crippen LogP contribution in [-0.4, -0.2) is 41.8 Å². The van der Waals surface area contributed by atoms with E-state index in [1.54, 1.807) is 12.1 Å². The molecule has 6 heteroatoms. The fraction of sp³-hybridized carbons (Fsp3) is 0.571. The molecule has 0 saturated carbocycles. The number of aliphatic hydroxyl groups is 1. The fourth-order valence-electron chi connectivity index (χ4n) is 3.00. The summed E-state index contributed by atoms with van der Waals surface area (Å²) in [5.41, 5.74) is 0.195. The van der Waals surface area contributed by atoms with Crippen LogP contribution in [-0.2, 0) is 4.74 Å². The maximum atomic E-state index is 14.1. The highest BCUT2D eigenvalue weighted by molar-refractivity contribution is 9.10. The third kappa shape index (κ3) is 2.62. The zero-order chi connectivity index (χ0) is 14.3. The Labute approximate surface area is 130 Å². The van der Waals surface area contributed by atoms with Crippen LogP contribution in [0.25, 0.3) is 0 Å². The summed E-state index contributed by atoms with van der Waals surface area (Å²) < 4.78 is 20.3. The van der Waals surface area contributed by atoms with Crippen molar-refractivity contribution in [3.8, 4) is 0 Å². The molecule has 0 bridgehead atoms. The van der Waals surface area contributed by atoms with Gasteiger partial charge < -0.3 is 9.84 Å². The number of hydrogen-bond acceptors (Lipinski definition) is 3. The number of fused-ring (bicyclic) bond motifs is 1. The number of nitrogens with zero attached hydrogens (tertiary/aromatic N) is 1. The van der Waals surface area contributed by atoms with Crippen LogP contribution in [0.4, 0.5) is 4.39 Å². The van der Waals surface area contributed by atoms with Gasteiger partial charge in [-0.2, -0.15) is 0 Å². The zero-order valence-electron chi connectivity index (χ0n) is 10.9.